The minimum atomic E-state index is 0.629. The van der Waals surface area contributed by atoms with Crippen molar-refractivity contribution in [3.05, 3.63) is 174 Å². The van der Waals surface area contributed by atoms with Crippen molar-refractivity contribution < 1.29 is 4.42 Å². The Hall–Kier alpha value is -3.69. The third-order valence-corrected chi connectivity index (χ3v) is 14.8. The normalized spacial score (nSPS) is 11.7. The van der Waals surface area contributed by atoms with Crippen LogP contribution in [-0.2, 0) is 0 Å². The van der Waals surface area contributed by atoms with E-state index in [4.69, 9.17) is 39.2 Å². The third-order valence-electron chi connectivity index (χ3n) is 10.1. The van der Waals surface area contributed by atoms with Crippen LogP contribution in [0.2, 0.25) is 15.1 Å². The van der Waals surface area contributed by atoms with Crippen LogP contribution < -0.4 is 0 Å². The minimum Gasteiger partial charge on any atom is -0.454 e. The van der Waals surface area contributed by atoms with Crippen LogP contribution in [0.25, 0.3) is 94.6 Å². The fraction of sp³-hybridized carbons (Fsp3) is 0. The molecule has 3 aromatic heterocycles. The highest BCUT2D eigenvalue weighted by Crippen LogP contribution is 2.44. The van der Waals surface area contributed by atoms with Gasteiger partial charge in [0.25, 0.3) is 0 Å². The van der Waals surface area contributed by atoms with Crippen molar-refractivity contribution in [2.24, 2.45) is 0 Å². The summed E-state index contributed by atoms with van der Waals surface area (Å²) in [6, 6.07) is 50.3. The SMILES string of the molecule is Clc1cc(Br)c2c(c1)sc1c3ccccc3ccc12.Clc1cc(Br)c2c(c1)sc1cc3ccccc3cc12.Clc1cc(Br)cc2c1oc1cc3ccccc3cc12. The molecule has 0 radical (unpaired) electrons. The molecule has 0 bridgehead atoms. The zero-order chi connectivity index (χ0) is 38.9. The van der Waals surface area contributed by atoms with Crippen LogP contribution in [0.15, 0.2) is 163 Å². The van der Waals surface area contributed by atoms with Crippen LogP contribution in [0.4, 0.5) is 0 Å². The largest absolute Gasteiger partial charge is 0.454 e. The molecule has 0 fully saturated rings. The van der Waals surface area contributed by atoms with Crippen molar-refractivity contribution in [1.82, 2.24) is 0 Å². The number of benzene rings is 9. The van der Waals surface area contributed by atoms with Crippen molar-refractivity contribution in [3.63, 3.8) is 0 Å². The molecule has 0 unspecified atom stereocenters. The van der Waals surface area contributed by atoms with Crippen LogP contribution >= 0.6 is 105 Å². The maximum atomic E-state index is 6.24. The van der Waals surface area contributed by atoms with E-state index in [1.165, 1.54) is 72.7 Å². The summed E-state index contributed by atoms with van der Waals surface area (Å²) in [5, 5.41) is 16.9. The Labute approximate surface area is 374 Å². The standard InChI is InChI=1S/C16H8BrClO.2C16H8BrClS/c17-11-7-13-12-5-9-3-1-2-4-10(9)6-15(12)19-16(13)14(18)8-11;17-13-7-11(18)8-15-16(13)12-5-9-3-1-2-4-10(9)6-14(12)19-15;17-13-7-10(18)8-14-15(13)12-6-5-9-3-1-2-4-11(9)16(12)19-14/h3*1-8H. The van der Waals surface area contributed by atoms with E-state index >= 15 is 0 Å². The van der Waals surface area contributed by atoms with Gasteiger partial charge in [-0.25, -0.2) is 0 Å². The zero-order valence-corrected chi connectivity index (χ0v) is 38.0. The highest BCUT2D eigenvalue weighted by Gasteiger charge is 2.14. The predicted molar refractivity (Wildman–Crippen MR) is 263 cm³/mol. The average molecular weight is 1030 g/mol. The Morgan fingerprint density at radius 1 is 0.421 bits per heavy atom. The molecule has 0 atom stereocenters. The van der Waals surface area contributed by atoms with Crippen molar-refractivity contribution >= 4 is 200 Å². The Morgan fingerprint density at radius 2 is 0.982 bits per heavy atom. The first-order valence-electron chi connectivity index (χ1n) is 17.8. The second kappa shape index (κ2) is 15.2. The first-order chi connectivity index (χ1) is 27.7. The lowest BCUT2D eigenvalue weighted by molar-refractivity contribution is 0.669. The third kappa shape index (κ3) is 6.92. The lowest BCUT2D eigenvalue weighted by atomic mass is 10.1. The molecule has 12 rings (SSSR count). The van der Waals surface area contributed by atoms with Crippen LogP contribution in [0, 0.1) is 0 Å². The molecule has 0 amide bonds. The molecule has 9 heteroatoms. The van der Waals surface area contributed by atoms with E-state index in [0.717, 1.165) is 45.4 Å². The molecule has 9 aromatic carbocycles. The van der Waals surface area contributed by atoms with E-state index in [1.54, 1.807) is 22.7 Å². The van der Waals surface area contributed by atoms with E-state index < -0.39 is 0 Å². The van der Waals surface area contributed by atoms with E-state index in [2.05, 4.69) is 145 Å². The molecule has 0 saturated heterocycles. The van der Waals surface area contributed by atoms with Gasteiger partial charge >= 0.3 is 0 Å². The number of rotatable bonds is 0. The Balaban J connectivity index is 0.000000104. The summed E-state index contributed by atoms with van der Waals surface area (Å²) in [4.78, 5) is 0. The van der Waals surface area contributed by atoms with E-state index in [-0.39, 0.29) is 0 Å². The summed E-state index contributed by atoms with van der Waals surface area (Å²) in [6.45, 7) is 0. The average Bonchev–Trinajstić information content (AvgIpc) is 3.87. The summed E-state index contributed by atoms with van der Waals surface area (Å²) < 4.78 is 14.1. The second-order valence-electron chi connectivity index (χ2n) is 13.6. The highest BCUT2D eigenvalue weighted by molar-refractivity contribution is 9.11. The smallest absolute Gasteiger partial charge is 0.154 e. The van der Waals surface area contributed by atoms with Gasteiger partial charge in [-0.15, -0.1) is 22.7 Å². The predicted octanol–water partition coefficient (Wildman–Crippen LogP) is 19.4. The molecule has 57 heavy (non-hydrogen) atoms. The van der Waals surface area contributed by atoms with Crippen molar-refractivity contribution in [2.75, 3.05) is 0 Å². The summed E-state index contributed by atoms with van der Waals surface area (Å²) in [6.07, 6.45) is 0. The Kier molecular flexibility index (Phi) is 9.99. The molecule has 3 heterocycles. The molecule has 0 spiro atoms. The maximum absolute atomic E-state index is 6.24. The molecule has 0 aliphatic heterocycles. The van der Waals surface area contributed by atoms with E-state index in [1.807, 2.05) is 48.5 Å². The summed E-state index contributed by atoms with van der Waals surface area (Å²) >= 11 is 32.9. The summed E-state index contributed by atoms with van der Waals surface area (Å²) in [5.41, 5.74) is 1.61. The zero-order valence-electron chi connectivity index (χ0n) is 29.3. The van der Waals surface area contributed by atoms with Crippen molar-refractivity contribution in [3.8, 4) is 0 Å². The van der Waals surface area contributed by atoms with Gasteiger partial charge < -0.3 is 4.42 Å². The quantitative estimate of drug-likeness (QED) is 0.148. The molecule has 0 N–H and O–H groups in total. The molecular weight excluding hydrogens is 1000 g/mol. The van der Waals surface area contributed by atoms with Crippen LogP contribution in [0.1, 0.15) is 0 Å². The molecule has 0 saturated carbocycles. The van der Waals surface area contributed by atoms with E-state index in [9.17, 15) is 0 Å². The lowest BCUT2D eigenvalue weighted by Crippen LogP contribution is -1.73. The molecule has 0 aliphatic carbocycles. The Bertz CT molecular complexity index is 3530. The molecule has 276 valence electrons. The number of thiophene rings is 2. The first-order valence-corrected chi connectivity index (χ1v) is 22.9. The van der Waals surface area contributed by atoms with Crippen LogP contribution in [0.3, 0.4) is 0 Å². The fourth-order valence-electron chi connectivity index (χ4n) is 7.55. The van der Waals surface area contributed by atoms with Gasteiger partial charge in [0.05, 0.1) is 5.02 Å². The number of hydrogen-bond acceptors (Lipinski definition) is 3. The Morgan fingerprint density at radius 3 is 1.67 bits per heavy atom. The van der Waals surface area contributed by atoms with Gasteiger partial charge in [-0.1, -0.05) is 168 Å². The van der Waals surface area contributed by atoms with Gasteiger partial charge in [-0.05, 0) is 93.0 Å². The number of furan rings is 1. The van der Waals surface area contributed by atoms with Crippen molar-refractivity contribution in [2.45, 2.75) is 0 Å². The van der Waals surface area contributed by atoms with Gasteiger partial charge in [0.2, 0.25) is 0 Å². The molecule has 0 aliphatic rings. The second-order valence-corrected chi connectivity index (χ2v) is 19.7. The number of hydrogen-bond donors (Lipinski definition) is 0. The van der Waals surface area contributed by atoms with Gasteiger partial charge in [-0.2, -0.15) is 0 Å². The van der Waals surface area contributed by atoms with Gasteiger partial charge in [-0.3, -0.25) is 0 Å². The minimum absolute atomic E-state index is 0.629. The lowest BCUT2D eigenvalue weighted by Gasteiger charge is -1.99. The van der Waals surface area contributed by atoms with Crippen molar-refractivity contribution in [1.29, 1.82) is 0 Å². The number of fused-ring (bicyclic) bond motifs is 13. The van der Waals surface area contributed by atoms with Gasteiger partial charge in [0, 0.05) is 74.6 Å². The highest BCUT2D eigenvalue weighted by atomic mass is 79.9. The fourth-order valence-corrected chi connectivity index (χ4v) is 13.3. The van der Waals surface area contributed by atoms with E-state index in [0.29, 0.717) is 5.02 Å². The topological polar surface area (TPSA) is 13.1 Å². The van der Waals surface area contributed by atoms with Gasteiger partial charge in [0.1, 0.15) is 5.58 Å². The molecule has 12 aromatic rings. The van der Waals surface area contributed by atoms with Gasteiger partial charge in [0.15, 0.2) is 5.58 Å². The summed E-state index contributed by atoms with van der Waals surface area (Å²) in [5.74, 6) is 0. The summed E-state index contributed by atoms with van der Waals surface area (Å²) in [7, 11) is 0. The van der Waals surface area contributed by atoms with Crippen LogP contribution in [-0.4, -0.2) is 0 Å². The number of halogens is 6. The van der Waals surface area contributed by atoms with Crippen LogP contribution in [0.5, 0.6) is 0 Å². The first kappa shape index (κ1) is 37.6. The maximum Gasteiger partial charge on any atom is 0.154 e. The monoisotopic (exact) mass is 1020 g/mol. The molecular formula is C48H24Br3Cl3OS2. The molecule has 1 nitrogen and oxygen atoms in total.